The monoisotopic (exact) mass is 287 g/mol. The molecule has 4 nitrogen and oxygen atoms in total. The van der Waals surface area contributed by atoms with Gasteiger partial charge in [-0.1, -0.05) is 0 Å². The van der Waals surface area contributed by atoms with Gasteiger partial charge in [-0.15, -0.1) is 0 Å². The van der Waals surface area contributed by atoms with Crippen molar-refractivity contribution in [2.45, 2.75) is 13.0 Å². The van der Waals surface area contributed by atoms with Crippen LogP contribution in [0, 0.1) is 6.07 Å². The zero-order valence-corrected chi connectivity index (χ0v) is 13.5. The van der Waals surface area contributed by atoms with Crippen molar-refractivity contribution in [3.63, 3.8) is 0 Å². The molecule has 2 heterocycles. The number of anilines is 2. The van der Waals surface area contributed by atoms with Crippen molar-refractivity contribution in [3.05, 3.63) is 24.3 Å². The van der Waals surface area contributed by atoms with Crippen molar-refractivity contribution in [1.29, 1.82) is 0 Å². The molecule has 1 atom stereocenters. The molecule has 0 amide bonds. The number of nitrogens with zero attached hydrogens (tertiary/aromatic N) is 4. The summed E-state index contributed by atoms with van der Waals surface area (Å²) in [6, 6.07) is 10.6. The number of piperazine rings is 2. The van der Waals surface area contributed by atoms with Gasteiger partial charge in [-0.3, -0.25) is 0 Å². The third-order valence-corrected chi connectivity index (χ3v) is 4.79. The zero-order valence-electron chi connectivity index (χ0n) is 13.5. The maximum atomic E-state index is 3.36. The van der Waals surface area contributed by atoms with Crippen LogP contribution in [0.15, 0.2) is 18.2 Å². The highest BCUT2D eigenvalue weighted by Gasteiger charge is 2.22. The smallest absolute Gasteiger partial charge is 0.0396 e. The Kier molecular flexibility index (Phi) is 4.36. The molecule has 2 fully saturated rings. The molecule has 2 aliphatic rings. The lowest BCUT2D eigenvalue weighted by Crippen LogP contribution is -2.50. The number of hydrogen-bond acceptors (Lipinski definition) is 4. The Hall–Kier alpha value is -1.26. The molecule has 21 heavy (non-hydrogen) atoms. The van der Waals surface area contributed by atoms with Crippen molar-refractivity contribution in [1.82, 2.24) is 9.80 Å². The van der Waals surface area contributed by atoms with E-state index in [1.807, 2.05) is 0 Å². The highest BCUT2D eigenvalue weighted by molar-refractivity contribution is 5.60. The number of likely N-dealkylation sites (N-methyl/N-ethyl adjacent to an activating group) is 2. The van der Waals surface area contributed by atoms with Gasteiger partial charge in [-0.25, -0.2) is 0 Å². The van der Waals surface area contributed by atoms with Crippen molar-refractivity contribution >= 4 is 11.4 Å². The second kappa shape index (κ2) is 6.24. The zero-order chi connectivity index (χ0) is 14.8. The van der Waals surface area contributed by atoms with E-state index in [0.717, 1.165) is 45.8 Å². The molecule has 1 radical (unpaired) electrons. The molecule has 0 saturated carbocycles. The fraction of sp³-hybridized carbons (Fsp3) is 0.647. The van der Waals surface area contributed by atoms with Crippen molar-refractivity contribution < 1.29 is 0 Å². The Labute approximate surface area is 128 Å². The van der Waals surface area contributed by atoms with Crippen LogP contribution in [-0.4, -0.2) is 75.8 Å². The predicted octanol–water partition coefficient (Wildman–Crippen LogP) is 1.38. The van der Waals surface area contributed by atoms with Gasteiger partial charge in [0.2, 0.25) is 0 Å². The fourth-order valence-corrected chi connectivity index (χ4v) is 3.38. The molecule has 0 spiro atoms. The summed E-state index contributed by atoms with van der Waals surface area (Å²) in [6.45, 7) is 10.2. The Morgan fingerprint density at radius 2 is 1.57 bits per heavy atom. The molecule has 0 aliphatic carbocycles. The molecule has 3 rings (SSSR count). The van der Waals surface area contributed by atoms with Crippen LogP contribution in [0.4, 0.5) is 11.4 Å². The predicted molar refractivity (Wildman–Crippen MR) is 89.3 cm³/mol. The lowest BCUT2D eigenvalue weighted by atomic mass is 10.1. The second-order valence-corrected chi connectivity index (χ2v) is 6.54. The molecule has 1 aromatic rings. The van der Waals surface area contributed by atoms with Gasteiger partial charge in [0.05, 0.1) is 0 Å². The summed E-state index contributed by atoms with van der Waals surface area (Å²) >= 11 is 0. The largest absolute Gasteiger partial charge is 0.369 e. The van der Waals surface area contributed by atoms with E-state index >= 15 is 0 Å². The molecule has 0 N–H and O–H groups in total. The van der Waals surface area contributed by atoms with Crippen LogP contribution in [0.25, 0.3) is 0 Å². The van der Waals surface area contributed by atoms with E-state index < -0.39 is 0 Å². The summed E-state index contributed by atoms with van der Waals surface area (Å²) in [4.78, 5) is 9.82. The van der Waals surface area contributed by atoms with Crippen LogP contribution in [0.5, 0.6) is 0 Å². The van der Waals surface area contributed by atoms with Gasteiger partial charge in [0.1, 0.15) is 0 Å². The molecule has 1 unspecified atom stereocenters. The molecular formula is C17H27N4. The van der Waals surface area contributed by atoms with E-state index in [9.17, 15) is 0 Å². The molecule has 0 bridgehead atoms. The highest BCUT2D eigenvalue weighted by atomic mass is 15.3. The fourth-order valence-electron chi connectivity index (χ4n) is 3.38. The second-order valence-electron chi connectivity index (χ2n) is 6.54. The van der Waals surface area contributed by atoms with Crippen molar-refractivity contribution in [2.24, 2.45) is 0 Å². The molecule has 2 aliphatic heterocycles. The summed E-state index contributed by atoms with van der Waals surface area (Å²) < 4.78 is 0. The summed E-state index contributed by atoms with van der Waals surface area (Å²) in [5.74, 6) is 0. The van der Waals surface area contributed by atoms with Gasteiger partial charge in [0.15, 0.2) is 0 Å². The molecule has 1 aromatic carbocycles. The average molecular weight is 287 g/mol. The van der Waals surface area contributed by atoms with Gasteiger partial charge in [0, 0.05) is 63.2 Å². The van der Waals surface area contributed by atoms with Gasteiger partial charge >= 0.3 is 0 Å². The third-order valence-electron chi connectivity index (χ3n) is 4.79. The lowest BCUT2D eigenvalue weighted by molar-refractivity contribution is 0.275. The molecule has 4 heteroatoms. The van der Waals surface area contributed by atoms with E-state index in [4.69, 9.17) is 0 Å². The minimum Gasteiger partial charge on any atom is -0.369 e. The molecular weight excluding hydrogens is 260 g/mol. The first-order chi connectivity index (χ1) is 10.1. The Balaban J connectivity index is 1.74. The van der Waals surface area contributed by atoms with Crippen LogP contribution in [0.3, 0.4) is 0 Å². The Morgan fingerprint density at radius 1 is 0.905 bits per heavy atom. The summed E-state index contributed by atoms with van der Waals surface area (Å²) in [7, 11) is 4.41. The van der Waals surface area contributed by atoms with E-state index in [0.29, 0.717) is 6.04 Å². The van der Waals surface area contributed by atoms with Crippen LogP contribution in [0.2, 0.25) is 0 Å². The van der Waals surface area contributed by atoms with E-state index in [-0.39, 0.29) is 0 Å². The average Bonchev–Trinajstić information content (AvgIpc) is 2.48. The minimum atomic E-state index is 0.569. The van der Waals surface area contributed by atoms with E-state index in [1.165, 1.54) is 11.4 Å². The van der Waals surface area contributed by atoms with Crippen LogP contribution < -0.4 is 9.80 Å². The summed E-state index contributed by atoms with van der Waals surface area (Å²) in [5, 5.41) is 0. The van der Waals surface area contributed by atoms with Crippen molar-refractivity contribution in [3.8, 4) is 0 Å². The standard InChI is InChI=1S/C17H27N4/c1-15-14-19(3)9-12-21(15)17-6-4-5-16(13-17)20-10-7-18(2)8-11-20/h5-6,13,15H,7-12,14H2,1-3H3. The van der Waals surface area contributed by atoms with Gasteiger partial charge in [-0.2, -0.15) is 0 Å². The molecule has 115 valence electrons. The third kappa shape index (κ3) is 3.33. The Morgan fingerprint density at radius 3 is 2.29 bits per heavy atom. The number of hydrogen-bond donors (Lipinski definition) is 0. The first kappa shape index (κ1) is 14.7. The normalized spacial score (nSPS) is 25.4. The van der Waals surface area contributed by atoms with Crippen molar-refractivity contribution in [2.75, 3.05) is 69.7 Å². The number of rotatable bonds is 2. The maximum Gasteiger partial charge on any atom is 0.0396 e. The van der Waals surface area contributed by atoms with E-state index in [1.54, 1.807) is 0 Å². The quantitative estimate of drug-likeness (QED) is 0.814. The Bertz CT molecular complexity index is 468. The maximum absolute atomic E-state index is 3.36. The van der Waals surface area contributed by atoms with Crippen LogP contribution >= 0.6 is 0 Å². The topological polar surface area (TPSA) is 13.0 Å². The van der Waals surface area contributed by atoms with Crippen LogP contribution in [-0.2, 0) is 0 Å². The highest BCUT2D eigenvalue weighted by Crippen LogP contribution is 2.25. The molecule has 2 saturated heterocycles. The summed E-state index contributed by atoms with van der Waals surface area (Å²) in [6.07, 6.45) is 0. The van der Waals surface area contributed by atoms with Gasteiger partial charge < -0.3 is 19.6 Å². The number of benzene rings is 1. The van der Waals surface area contributed by atoms with Crippen LogP contribution in [0.1, 0.15) is 6.92 Å². The first-order valence-electron chi connectivity index (χ1n) is 8.03. The van der Waals surface area contributed by atoms with Gasteiger partial charge in [-0.05, 0) is 45.3 Å². The first-order valence-corrected chi connectivity index (χ1v) is 8.03. The molecule has 0 aromatic heterocycles. The SMILES string of the molecule is CC1CN(C)CCN1c1c[c]cc(N2CCN(C)CC2)c1. The lowest BCUT2D eigenvalue weighted by Gasteiger charge is -2.40. The van der Waals surface area contributed by atoms with E-state index in [2.05, 4.69) is 64.9 Å². The van der Waals surface area contributed by atoms with Gasteiger partial charge in [0.25, 0.3) is 0 Å². The minimum absolute atomic E-state index is 0.569. The summed E-state index contributed by atoms with van der Waals surface area (Å²) in [5.41, 5.74) is 2.65.